The van der Waals surface area contributed by atoms with Gasteiger partial charge in [-0.1, -0.05) is 42.5 Å². The van der Waals surface area contributed by atoms with Crippen molar-refractivity contribution in [2.24, 2.45) is 0 Å². The lowest BCUT2D eigenvalue weighted by Gasteiger charge is -2.10. The number of nitrogen functional groups attached to an aromatic ring is 1. The van der Waals surface area contributed by atoms with Crippen LogP contribution < -0.4 is 16.4 Å². The summed E-state index contributed by atoms with van der Waals surface area (Å²) in [5.74, 6) is 1.19. The first-order valence-corrected chi connectivity index (χ1v) is 8.68. The van der Waals surface area contributed by atoms with Gasteiger partial charge < -0.3 is 16.4 Å². The van der Waals surface area contributed by atoms with Crippen molar-refractivity contribution >= 4 is 44.8 Å². The number of nitrogens with zero attached hydrogens (tertiary/aromatic N) is 3. The fraction of sp³-hybridized carbons (Fsp3) is 0.0556. The third-order valence-electron chi connectivity index (χ3n) is 3.71. The lowest BCUT2D eigenvalue weighted by Crippen LogP contribution is -2.06. The van der Waals surface area contributed by atoms with Crippen LogP contribution in [0.5, 0.6) is 0 Å². The Bertz CT molecular complexity index is 999. The minimum Gasteiger partial charge on any atom is -0.397 e. The Kier molecular flexibility index (Phi) is 4.14. The standard InChI is InChI=1S/C18H16N6S/c19-13-8-4-5-9-14(13)22-18-23-16(15-17(24-18)25-11-21-15)20-10-12-6-2-1-3-7-12/h1-9,11H,10,19H2,(H2,20,22,23,24). The lowest BCUT2D eigenvalue weighted by atomic mass is 10.2. The molecular formula is C18H16N6S. The first-order chi connectivity index (χ1) is 12.3. The number of nitrogens with two attached hydrogens (primary N) is 1. The van der Waals surface area contributed by atoms with Crippen LogP contribution in [0.4, 0.5) is 23.1 Å². The Morgan fingerprint density at radius 1 is 0.960 bits per heavy atom. The van der Waals surface area contributed by atoms with Gasteiger partial charge in [-0.05, 0) is 17.7 Å². The molecule has 0 bridgehead atoms. The first-order valence-electron chi connectivity index (χ1n) is 7.80. The Morgan fingerprint density at radius 3 is 2.60 bits per heavy atom. The average molecular weight is 348 g/mol. The first kappa shape index (κ1) is 15.3. The highest BCUT2D eigenvalue weighted by Crippen LogP contribution is 2.27. The van der Waals surface area contributed by atoms with Crippen LogP contribution >= 0.6 is 11.3 Å². The minimum atomic E-state index is 0.491. The smallest absolute Gasteiger partial charge is 0.230 e. The van der Waals surface area contributed by atoms with Gasteiger partial charge >= 0.3 is 0 Å². The molecule has 0 spiro atoms. The van der Waals surface area contributed by atoms with Crippen molar-refractivity contribution in [1.82, 2.24) is 15.0 Å². The molecule has 0 aliphatic rings. The van der Waals surface area contributed by atoms with E-state index in [-0.39, 0.29) is 0 Å². The molecule has 0 saturated heterocycles. The molecule has 0 aliphatic heterocycles. The number of hydrogen-bond donors (Lipinski definition) is 3. The van der Waals surface area contributed by atoms with Gasteiger partial charge in [-0.25, -0.2) is 4.98 Å². The van der Waals surface area contributed by atoms with Gasteiger partial charge in [0.1, 0.15) is 5.52 Å². The van der Waals surface area contributed by atoms with Gasteiger partial charge in [0.25, 0.3) is 0 Å². The van der Waals surface area contributed by atoms with E-state index in [9.17, 15) is 0 Å². The molecule has 0 saturated carbocycles. The SMILES string of the molecule is Nc1ccccc1Nc1nc(NCc2ccccc2)c2ncsc2n1. The van der Waals surface area contributed by atoms with E-state index < -0.39 is 0 Å². The van der Waals surface area contributed by atoms with E-state index in [1.165, 1.54) is 16.9 Å². The van der Waals surface area contributed by atoms with Crippen molar-refractivity contribution in [1.29, 1.82) is 0 Å². The van der Waals surface area contributed by atoms with Gasteiger partial charge in [0.05, 0.1) is 16.9 Å². The van der Waals surface area contributed by atoms with Gasteiger partial charge in [0.15, 0.2) is 10.6 Å². The molecule has 7 heteroatoms. The number of benzene rings is 2. The second-order valence-electron chi connectivity index (χ2n) is 5.45. The van der Waals surface area contributed by atoms with Gasteiger partial charge in [-0.3, -0.25) is 0 Å². The van der Waals surface area contributed by atoms with Crippen molar-refractivity contribution < 1.29 is 0 Å². The van der Waals surface area contributed by atoms with E-state index in [0.717, 1.165) is 16.0 Å². The van der Waals surface area contributed by atoms with Crippen molar-refractivity contribution in [2.45, 2.75) is 6.54 Å². The summed E-state index contributed by atoms with van der Waals surface area (Å²) in [5, 5.41) is 6.54. The maximum Gasteiger partial charge on any atom is 0.230 e. The fourth-order valence-electron chi connectivity index (χ4n) is 2.45. The van der Waals surface area contributed by atoms with Crippen LogP contribution in [0, 0.1) is 0 Å². The molecule has 25 heavy (non-hydrogen) atoms. The molecule has 0 amide bonds. The average Bonchev–Trinajstić information content (AvgIpc) is 3.11. The Labute approximate surface area is 148 Å². The number of fused-ring (bicyclic) bond motifs is 1. The van der Waals surface area contributed by atoms with Crippen LogP contribution in [0.25, 0.3) is 10.3 Å². The topological polar surface area (TPSA) is 88.8 Å². The molecule has 0 fully saturated rings. The normalized spacial score (nSPS) is 10.7. The molecule has 6 nitrogen and oxygen atoms in total. The maximum absolute atomic E-state index is 5.99. The van der Waals surface area contributed by atoms with E-state index in [4.69, 9.17) is 5.73 Å². The molecule has 4 aromatic rings. The van der Waals surface area contributed by atoms with E-state index >= 15 is 0 Å². The highest BCUT2D eigenvalue weighted by atomic mass is 32.1. The van der Waals surface area contributed by atoms with Crippen LogP contribution in [0.2, 0.25) is 0 Å². The zero-order valence-corrected chi connectivity index (χ0v) is 14.1. The number of hydrogen-bond acceptors (Lipinski definition) is 7. The molecule has 2 heterocycles. The third-order valence-corrected chi connectivity index (χ3v) is 4.43. The maximum atomic E-state index is 5.99. The molecule has 0 radical (unpaired) electrons. The summed E-state index contributed by atoms with van der Waals surface area (Å²) in [5.41, 5.74) is 11.1. The summed E-state index contributed by atoms with van der Waals surface area (Å²) in [6.07, 6.45) is 0. The van der Waals surface area contributed by atoms with Crippen molar-refractivity contribution in [3.05, 3.63) is 65.7 Å². The summed E-state index contributed by atoms with van der Waals surface area (Å²) in [6, 6.07) is 17.7. The molecule has 124 valence electrons. The number of para-hydroxylation sites is 2. The Morgan fingerprint density at radius 2 is 1.76 bits per heavy atom. The fourth-order valence-corrected chi connectivity index (χ4v) is 3.11. The van der Waals surface area contributed by atoms with Crippen LogP contribution in [0.3, 0.4) is 0 Å². The number of rotatable bonds is 5. The van der Waals surface area contributed by atoms with E-state index in [0.29, 0.717) is 24.0 Å². The molecular weight excluding hydrogens is 332 g/mol. The van der Waals surface area contributed by atoms with Gasteiger partial charge in [-0.2, -0.15) is 9.97 Å². The zero-order valence-electron chi connectivity index (χ0n) is 13.3. The van der Waals surface area contributed by atoms with Gasteiger partial charge in [0.2, 0.25) is 5.95 Å². The summed E-state index contributed by atoms with van der Waals surface area (Å²) in [7, 11) is 0. The second kappa shape index (κ2) is 6.74. The van der Waals surface area contributed by atoms with Crippen LogP contribution in [-0.2, 0) is 6.54 Å². The Hall–Kier alpha value is -3.19. The van der Waals surface area contributed by atoms with E-state index in [1.54, 1.807) is 5.51 Å². The zero-order chi connectivity index (χ0) is 17.1. The molecule has 4 N–H and O–H groups in total. The lowest BCUT2D eigenvalue weighted by molar-refractivity contribution is 1.10. The van der Waals surface area contributed by atoms with E-state index in [2.05, 4.69) is 37.7 Å². The van der Waals surface area contributed by atoms with E-state index in [1.807, 2.05) is 42.5 Å². The molecule has 0 aliphatic carbocycles. The van der Waals surface area contributed by atoms with Crippen LogP contribution in [0.15, 0.2) is 60.1 Å². The summed E-state index contributed by atoms with van der Waals surface area (Å²) in [4.78, 5) is 14.3. The van der Waals surface area contributed by atoms with Gasteiger partial charge in [-0.15, -0.1) is 11.3 Å². The quantitative estimate of drug-likeness (QED) is 0.472. The molecule has 2 aromatic heterocycles. The minimum absolute atomic E-state index is 0.491. The predicted octanol–water partition coefficient (Wildman–Crippen LogP) is 4.02. The van der Waals surface area contributed by atoms with Gasteiger partial charge in [0, 0.05) is 6.54 Å². The third kappa shape index (κ3) is 3.36. The van der Waals surface area contributed by atoms with Crippen molar-refractivity contribution in [3.8, 4) is 0 Å². The molecule has 0 atom stereocenters. The van der Waals surface area contributed by atoms with Crippen molar-refractivity contribution in [2.75, 3.05) is 16.4 Å². The number of aromatic nitrogens is 3. The van der Waals surface area contributed by atoms with Crippen LogP contribution in [0.1, 0.15) is 5.56 Å². The monoisotopic (exact) mass is 348 g/mol. The number of nitrogens with one attached hydrogen (secondary N) is 2. The molecule has 0 unspecified atom stereocenters. The van der Waals surface area contributed by atoms with Crippen LogP contribution in [-0.4, -0.2) is 15.0 Å². The highest BCUT2D eigenvalue weighted by molar-refractivity contribution is 7.16. The number of thiazole rings is 1. The summed E-state index contributed by atoms with van der Waals surface area (Å²) < 4.78 is 0. The predicted molar refractivity (Wildman–Crippen MR) is 103 cm³/mol. The Balaban J connectivity index is 1.64. The molecule has 4 rings (SSSR count). The summed E-state index contributed by atoms with van der Waals surface area (Å²) >= 11 is 1.48. The second-order valence-corrected chi connectivity index (χ2v) is 6.29. The number of anilines is 4. The highest BCUT2D eigenvalue weighted by Gasteiger charge is 2.11. The summed E-state index contributed by atoms with van der Waals surface area (Å²) in [6.45, 7) is 0.664. The van der Waals surface area contributed by atoms with Crippen molar-refractivity contribution in [3.63, 3.8) is 0 Å². The molecule has 2 aromatic carbocycles. The largest absolute Gasteiger partial charge is 0.397 e.